The second-order valence-corrected chi connectivity index (χ2v) is 8.13. The van der Waals surface area contributed by atoms with E-state index in [9.17, 15) is 9.59 Å². The SMILES string of the molecule is O=C(NC[C@@H]1CC(=O)N(CCc2ccccc2)C1)Nc1cccc2c1CCCC2. The lowest BCUT2D eigenvalue weighted by atomic mass is 9.90. The maximum Gasteiger partial charge on any atom is 0.319 e. The highest BCUT2D eigenvalue weighted by Gasteiger charge is 2.29. The van der Waals surface area contributed by atoms with Crippen molar-refractivity contribution in [1.82, 2.24) is 10.2 Å². The molecule has 1 atom stereocenters. The Kier molecular flexibility index (Phi) is 6.13. The molecule has 2 aromatic rings. The number of hydrogen-bond donors (Lipinski definition) is 2. The lowest BCUT2D eigenvalue weighted by molar-refractivity contribution is -0.127. The second kappa shape index (κ2) is 9.12. The molecule has 2 N–H and O–H groups in total. The predicted molar refractivity (Wildman–Crippen MR) is 115 cm³/mol. The van der Waals surface area contributed by atoms with E-state index < -0.39 is 0 Å². The largest absolute Gasteiger partial charge is 0.342 e. The molecule has 4 rings (SSSR count). The zero-order valence-corrected chi connectivity index (χ0v) is 16.8. The molecule has 1 aliphatic carbocycles. The summed E-state index contributed by atoms with van der Waals surface area (Å²) in [5.41, 5.74) is 4.79. The number of likely N-dealkylation sites (tertiary alicyclic amines) is 1. The topological polar surface area (TPSA) is 61.4 Å². The Morgan fingerprint density at radius 2 is 1.86 bits per heavy atom. The number of carbonyl (C=O) groups is 2. The van der Waals surface area contributed by atoms with Crippen LogP contribution in [0, 0.1) is 5.92 Å². The monoisotopic (exact) mass is 391 g/mol. The van der Waals surface area contributed by atoms with Gasteiger partial charge in [0, 0.05) is 37.7 Å². The predicted octanol–water partition coefficient (Wildman–Crippen LogP) is 3.78. The molecule has 0 spiro atoms. The highest BCUT2D eigenvalue weighted by Crippen LogP contribution is 2.27. The van der Waals surface area contributed by atoms with Crippen molar-refractivity contribution in [2.24, 2.45) is 5.92 Å². The van der Waals surface area contributed by atoms with Gasteiger partial charge in [0.15, 0.2) is 0 Å². The van der Waals surface area contributed by atoms with Crippen LogP contribution in [-0.4, -0.2) is 36.5 Å². The summed E-state index contributed by atoms with van der Waals surface area (Å²) in [5.74, 6) is 0.360. The van der Waals surface area contributed by atoms with Gasteiger partial charge in [0.2, 0.25) is 5.91 Å². The van der Waals surface area contributed by atoms with Crippen molar-refractivity contribution in [2.75, 3.05) is 25.0 Å². The maximum atomic E-state index is 12.4. The first kappa shape index (κ1) is 19.5. The van der Waals surface area contributed by atoms with Crippen molar-refractivity contribution in [3.05, 3.63) is 65.2 Å². The van der Waals surface area contributed by atoms with Gasteiger partial charge >= 0.3 is 6.03 Å². The van der Waals surface area contributed by atoms with Gasteiger partial charge in [-0.05, 0) is 54.9 Å². The molecule has 0 radical (unpaired) electrons. The molecule has 2 aliphatic rings. The Labute approximate surface area is 172 Å². The first-order chi connectivity index (χ1) is 14.2. The van der Waals surface area contributed by atoms with Crippen LogP contribution >= 0.6 is 0 Å². The third-order valence-corrected chi connectivity index (χ3v) is 6.00. The van der Waals surface area contributed by atoms with Gasteiger partial charge in [-0.1, -0.05) is 42.5 Å². The first-order valence-electron chi connectivity index (χ1n) is 10.7. The summed E-state index contributed by atoms with van der Waals surface area (Å²) in [6, 6.07) is 16.2. The van der Waals surface area contributed by atoms with Gasteiger partial charge in [0.25, 0.3) is 0 Å². The van der Waals surface area contributed by atoms with Crippen LogP contribution in [0.5, 0.6) is 0 Å². The number of urea groups is 1. The number of rotatable bonds is 6. The minimum absolute atomic E-state index is 0.175. The number of aryl methyl sites for hydroxylation is 1. The molecule has 152 valence electrons. The third kappa shape index (κ3) is 4.97. The fourth-order valence-electron chi connectivity index (χ4n) is 4.42. The van der Waals surface area contributed by atoms with Gasteiger partial charge in [-0.2, -0.15) is 0 Å². The number of carbonyl (C=O) groups excluding carboxylic acids is 2. The minimum Gasteiger partial charge on any atom is -0.342 e. The number of nitrogens with one attached hydrogen (secondary N) is 2. The van der Waals surface area contributed by atoms with Gasteiger partial charge in [0.1, 0.15) is 0 Å². The summed E-state index contributed by atoms with van der Waals surface area (Å²) in [6.45, 7) is 1.98. The Morgan fingerprint density at radius 1 is 1.03 bits per heavy atom. The van der Waals surface area contributed by atoms with E-state index in [1.54, 1.807) is 0 Å². The average Bonchev–Trinajstić information content (AvgIpc) is 3.11. The van der Waals surface area contributed by atoms with E-state index in [-0.39, 0.29) is 17.9 Å². The number of fused-ring (bicyclic) bond motifs is 1. The lowest BCUT2D eigenvalue weighted by Gasteiger charge is -2.20. The zero-order valence-electron chi connectivity index (χ0n) is 16.8. The Hall–Kier alpha value is -2.82. The highest BCUT2D eigenvalue weighted by atomic mass is 16.2. The van der Waals surface area contributed by atoms with Crippen molar-refractivity contribution in [1.29, 1.82) is 0 Å². The van der Waals surface area contributed by atoms with Gasteiger partial charge in [0.05, 0.1) is 0 Å². The summed E-state index contributed by atoms with van der Waals surface area (Å²) in [4.78, 5) is 26.6. The smallest absolute Gasteiger partial charge is 0.319 e. The van der Waals surface area contributed by atoms with Crippen LogP contribution in [0.2, 0.25) is 0 Å². The fraction of sp³-hybridized carbons (Fsp3) is 0.417. The van der Waals surface area contributed by atoms with Crippen LogP contribution in [-0.2, 0) is 24.1 Å². The Balaban J connectivity index is 1.24. The Morgan fingerprint density at radius 3 is 2.72 bits per heavy atom. The number of amides is 3. The molecule has 5 heteroatoms. The molecule has 1 saturated heterocycles. The number of nitrogens with zero attached hydrogens (tertiary/aromatic N) is 1. The van der Waals surface area contributed by atoms with Crippen molar-refractivity contribution in [3.63, 3.8) is 0 Å². The maximum absolute atomic E-state index is 12.4. The van der Waals surface area contributed by atoms with E-state index in [0.717, 1.165) is 31.5 Å². The molecule has 29 heavy (non-hydrogen) atoms. The summed E-state index contributed by atoms with van der Waals surface area (Å²) in [6.07, 6.45) is 5.90. The molecule has 0 aromatic heterocycles. The summed E-state index contributed by atoms with van der Waals surface area (Å²) < 4.78 is 0. The Bertz CT molecular complexity index is 866. The molecule has 0 bridgehead atoms. The van der Waals surface area contributed by atoms with Crippen LogP contribution in [0.1, 0.15) is 36.0 Å². The molecule has 0 unspecified atom stereocenters. The normalized spacial score (nSPS) is 18.4. The molecule has 0 saturated carbocycles. The molecule has 1 aliphatic heterocycles. The van der Waals surface area contributed by atoms with Crippen LogP contribution in [0.4, 0.5) is 10.5 Å². The summed E-state index contributed by atoms with van der Waals surface area (Å²) in [7, 11) is 0. The van der Waals surface area contributed by atoms with Gasteiger partial charge in [-0.3, -0.25) is 4.79 Å². The van der Waals surface area contributed by atoms with Crippen molar-refractivity contribution in [2.45, 2.75) is 38.5 Å². The van der Waals surface area contributed by atoms with Crippen molar-refractivity contribution >= 4 is 17.6 Å². The van der Waals surface area contributed by atoms with E-state index in [0.29, 0.717) is 19.5 Å². The molecular formula is C24H29N3O2. The average molecular weight is 392 g/mol. The van der Waals surface area contributed by atoms with Crippen molar-refractivity contribution in [3.8, 4) is 0 Å². The van der Waals surface area contributed by atoms with Gasteiger partial charge in [-0.25, -0.2) is 4.79 Å². The minimum atomic E-state index is -0.181. The van der Waals surface area contributed by atoms with Crippen LogP contribution in [0.15, 0.2) is 48.5 Å². The molecule has 3 amide bonds. The van der Waals surface area contributed by atoms with Gasteiger partial charge < -0.3 is 15.5 Å². The number of benzene rings is 2. The third-order valence-electron chi connectivity index (χ3n) is 6.00. The molecule has 2 aromatic carbocycles. The van der Waals surface area contributed by atoms with E-state index in [1.165, 1.54) is 29.5 Å². The zero-order chi connectivity index (χ0) is 20.1. The number of hydrogen-bond acceptors (Lipinski definition) is 2. The lowest BCUT2D eigenvalue weighted by Crippen LogP contribution is -2.34. The number of anilines is 1. The molecule has 5 nitrogen and oxygen atoms in total. The van der Waals surface area contributed by atoms with E-state index in [1.807, 2.05) is 35.2 Å². The van der Waals surface area contributed by atoms with E-state index in [2.05, 4.69) is 28.8 Å². The summed E-state index contributed by atoms with van der Waals surface area (Å²) >= 11 is 0. The molecule has 1 heterocycles. The van der Waals surface area contributed by atoms with Crippen LogP contribution in [0.25, 0.3) is 0 Å². The standard InChI is InChI=1S/C24H29N3O2/c28-23-15-19(17-27(23)14-13-18-7-2-1-3-8-18)16-25-24(29)26-22-12-6-10-20-9-4-5-11-21(20)22/h1-3,6-8,10,12,19H,4-5,9,11,13-17H2,(H2,25,26,29)/t19-/m0/s1. The first-order valence-corrected chi connectivity index (χ1v) is 10.7. The summed E-state index contributed by atoms with van der Waals surface area (Å²) in [5, 5.41) is 5.98. The van der Waals surface area contributed by atoms with Crippen molar-refractivity contribution < 1.29 is 9.59 Å². The van der Waals surface area contributed by atoms with Crippen LogP contribution in [0.3, 0.4) is 0 Å². The second-order valence-electron chi connectivity index (χ2n) is 8.13. The quantitative estimate of drug-likeness (QED) is 0.787. The molecular weight excluding hydrogens is 362 g/mol. The van der Waals surface area contributed by atoms with Gasteiger partial charge in [-0.15, -0.1) is 0 Å². The fourth-order valence-corrected chi connectivity index (χ4v) is 4.42. The van der Waals surface area contributed by atoms with E-state index in [4.69, 9.17) is 0 Å². The van der Waals surface area contributed by atoms with E-state index >= 15 is 0 Å². The molecule has 1 fully saturated rings. The van der Waals surface area contributed by atoms with Crippen LogP contribution < -0.4 is 10.6 Å². The highest BCUT2D eigenvalue weighted by molar-refractivity contribution is 5.90.